The van der Waals surface area contributed by atoms with Gasteiger partial charge in [0.25, 0.3) is 11.8 Å². The van der Waals surface area contributed by atoms with Gasteiger partial charge in [0.15, 0.2) is 0 Å². The topological polar surface area (TPSA) is 171 Å². The lowest BCUT2D eigenvalue weighted by molar-refractivity contribution is 0.0924. The molecule has 0 saturated carbocycles. The van der Waals surface area contributed by atoms with Crippen LogP contribution in [-0.2, 0) is 20.0 Å². The Morgan fingerprint density at radius 1 is 0.926 bits per heavy atom. The van der Waals surface area contributed by atoms with Crippen LogP contribution in [0.3, 0.4) is 0 Å². The molecule has 2 heterocycles. The standard InChI is InChI=1S/C13H8Cl2N4O6S2/c14-8-6(26(16,22)23)4-7(27(17,24)25)11(9(8)15)19-12(20)5-2-1-3-18-10(5)13(19)21/h1-4H,(H2,16,22,23)(H2,17,24,25). The maximum atomic E-state index is 12.6. The summed E-state index contributed by atoms with van der Waals surface area (Å²) in [6.45, 7) is 0. The molecule has 142 valence electrons. The zero-order valence-electron chi connectivity index (χ0n) is 12.9. The number of halogens is 2. The van der Waals surface area contributed by atoms with Crippen LogP contribution in [0.1, 0.15) is 20.8 Å². The summed E-state index contributed by atoms with van der Waals surface area (Å²) < 4.78 is 47.4. The van der Waals surface area contributed by atoms with E-state index in [0.29, 0.717) is 11.0 Å². The number of amides is 2. The van der Waals surface area contributed by atoms with E-state index < -0.39 is 57.4 Å². The van der Waals surface area contributed by atoms with Gasteiger partial charge in [-0.2, -0.15) is 0 Å². The van der Waals surface area contributed by atoms with Crippen molar-refractivity contribution in [2.45, 2.75) is 9.79 Å². The third-order valence-electron chi connectivity index (χ3n) is 3.60. The number of nitrogens with zero attached hydrogens (tertiary/aromatic N) is 2. The van der Waals surface area contributed by atoms with Gasteiger partial charge in [0, 0.05) is 6.20 Å². The maximum absolute atomic E-state index is 12.6. The number of carbonyl (C=O) groups is 2. The largest absolute Gasteiger partial charge is 0.284 e. The van der Waals surface area contributed by atoms with Gasteiger partial charge in [-0.3, -0.25) is 14.6 Å². The molecule has 10 nitrogen and oxygen atoms in total. The first-order valence-electron chi connectivity index (χ1n) is 6.77. The van der Waals surface area contributed by atoms with E-state index in [0.717, 1.165) is 0 Å². The van der Waals surface area contributed by atoms with E-state index in [1.54, 1.807) is 0 Å². The molecule has 27 heavy (non-hydrogen) atoms. The molecule has 0 radical (unpaired) electrons. The zero-order chi connectivity index (χ0) is 20.3. The predicted molar refractivity (Wildman–Crippen MR) is 94.6 cm³/mol. The highest BCUT2D eigenvalue weighted by Crippen LogP contribution is 2.43. The number of pyridine rings is 1. The summed E-state index contributed by atoms with van der Waals surface area (Å²) >= 11 is 11.9. The predicted octanol–water partition coefficient (Wildman–Crippen LogP) is 0.484. The Bertz CT molecular complexity index is 1210. The van der Waals surface area contributed by atoms with Gasteiger partial charge in [-0.05, 0) is 18.2 Å². The van der Waals surface area contributed by atoms with E-state index in [-0.39, 0.29) is 11.3 Å². The first kappa shape index (κ1) is 19.7. The van der Waals surface area contributed by atoms with Gasteiger partial charge < -0.3 is 0 Å². The Labute approximate surface area is 162 Å². The van der Waals surface area contributed by atoms with Crippen LogP contribution in [0.2, 0.25) is 10.0 Å². The van der Waals surface area contributed by atoms with Crippen molar-refractivity contribution in [2.75, 3.05) is 4.90 Å². The molecule has 14 heteroatoms. The van der Waals surface area contributed by atoms with Crippen molar-refractivity contribution in [3.05, 3.63) is 45.7 Å². The van der Waals surface area contributed by atoms with Crippen molar-refractivity contribution in [1.29, 1.82) is 0 Å². The van der Waals surface area contributed by atoms with Gasteiger partial charge in [0.05, 0.1) is 21.3 Å². The van der Waals surface area contributed by atoms with Crippen LogP contribution in [0.15, 0.2) is 34.2 Å². The number of anilines is 1. The second-order valence-corrected chi connectivity index (χ2v) is 9.10. The number of rotatable bonds is 3. The van der Waals surface area contributed by atoms with Crippen LogP contribution < -0.4 is 15.2 Å². The molecule has 0 bridgehead atoms. The summed E-state index contributed by atoms with van der Waals surface area (Å²) in [4.78, 5) is 27.7. The monoisotopic (exact) mass is 450 g/mol. The summed E-state index contributed by atoms with van der Waals surface area (Å²) in [5, 5.41) is 8.74. The molecule has 0 saturated heterocycles. The number of benzene rings is 1. The minimum absolute atomic E-state index is 0.106. The number of hydrogen-bond donors (Lipinski definition) is 2. The molecule has 0 unspecified atom stereocenters. The Balaban J connectivity index is 2.40. The van der Waals surface area contributed by atoms with Gasteiger partial charge in [-0.1, -0.05) is 23.2 Å². The highest BCUT2D eigenvalue weighted by atomic mass is 35.5. The van der Waals surface area contributed by atoms with Crippen LogP contribution in [0.4, 0.5) is 5.69 Å². The van der Waals surface area contributed by atoms with Gasteiger partial charge in [0.1, 0.15) is 15.5 Å². The van der Waals surface area contributed by atoms with Crippen LogP contribution >= 0.6 is 23.2 Å². The second kappa shape index (κ2) is 6.22. The van der Waals surface area contributed by atoms with Crippen molar-refractivity contribution in [3.8, 4) is 0 Å². The zero-order valence-corrected chi connectivity index (χ0v) is 16.0. The summed E-state index contributed by atoms with van der Waals surface area (Å²) in [7, 11) is -9.15. The van der Waals surface area contributed by atoms with Crippen molar-refractivity contribution < 1.29 is 26.4 Å². The summed E-state index contributed by atoms with van der Waals surface area (Å²) in [6, 6.07) is 3.23. The molecule has 0 aliphatic carbocycles. The average molecular weight is 451 g/mol. The maximum Gasteiger partial charge on any atom is 0.284 e. The van der Waals surface area contributed by atoms with Crippen LogP contribution in [-0.4, -0.2) is 33.6 Å². The first-order valence-corrected chi connectivity index (χ1v) is 10.6. The highest BCUT2D eigenvalue weighted by Gasteiger charge is 2.42. The van der Waals surface area contributed by atoms with E-state index in [9.17, 15) is 26.4 Å². The molecule has 0 spiro atoms. The van der Waals surface area contributed by atoms with Crippen LogP contribution in [0, 0.1) is 0 Å². The lowest BCUT2D eigenvalue weighted by Crippen LogP contribution is -2.32. The fourth-order valence-corrected chi connectivity index (χ4v) is 4.79. The van der Waals surface area contributed by atoms with Crippen LogP contribution in [0.5, 0.6) is 0 Å². The van der Waals surface area contributed by atoms with Crippen molar-refractivity contribution in [2.24, 2.45) is 10.3 Å². The number of aromatic nitrogens is 1. The minimum atomic E-state index is -4.66. The molecule has 2 amide bonds. The number of nitrogens with two attached hydrogens (primary N) is 2. The Hall–Kier alpha value is -2.09. The third kappa shape index (κ3) is 3.09. The molecule has 0 fully saturated rings. The minimum Gasteiger partial charge on any atom is -0.268 e. The molecule has 2 aromatic rings. The fraction of sp³-hybridized carbons (Fsp3) is 0. The average Bonchev–Trinajstić information content (AvgIpc) is 2.80. The van der Waals surface area contributed by atoms with E-state index in [4.69, 9.17) is 33.5 Å². The van der Waals surface area contributed by atoms with Gasteiger partial charge in [-0.25, -0.2) is 32.0 Å². The van der Waals surface area contributed by atoms with E-state index >= 15 is 0 Å². The molecule has 4 N–H and O–H groups in total. The van der Waals surface area contributed by atoms with Gasteiger partial charge in [-0.15, -0.1) is 0 Å². The molecule has 0 atom stereocenters. The number of fused-ring (bicyclic) bond motifs is 1. The highest BCUT2D eigenvalue weighted by molar-refractivity contribution is 7.90. The number of hydrogen-bond acceptors (Lipinski definition) is 7. The lowest BCUT2D eigenvalue weighted by Gasteiger charge is -2.20. The number of sulfonamides is 2. The molecule has 1 aromatic heterocycles. The fourth-order valence-electron chi connectivity index (χ4n) is 2.47. The van der Waals surface area contributed by atoms with Gasteiger partial charge in [0.2, 0.25) is 20.0 Å². The molecule has 1 aliphatic heterocycles. The van der Waals surface area contributed by atoms with Gasteiger partial charge >= 0.3 is 0 Å². The Kier molecular flexibility index (Phi) is 4.53. The molecule has 1 aromatic carbocycles. The molecule has 1 aliphatic rings. The first-order chi connectivity index (χ1) is 12.4. The van der Waals surface area contributed by atoms with E-state index in [2.05, 4.69) is 4.98 Å². The Morgan fingerprint density at radius 3 is 2.04 bits per heavy atom. The summed E-state index contributed by atoms with van der Waals surface area (Å²) in [5.74, 6) is -1.92. The summed E-state index contributed by atoms with van der Waals surface area (Å²) in [6.07, 6.45) is 1.26. The SMILES string of the molecule is NS(=O)(=O)c1cc(S(N)(=O)=O)c(N2C(=O)c3cccnc3C2=O)c(Cl)c1Cl. The van der Waals surface area contributed by atoms with Crippen LogP contribution in [0.25, 0.3) is 0 Å². The lowest BCUT2D eigenvalue weighted by atomic mass is 10.2. The number of carbonyl (C=O) groups excluding carboxylic acids is 2. The molecule has 3 rings (SSSR count). The quantitative estimate of drug-likeness (QED) is 0.639. The molecular formula is C13H8Cl2N4O6S2. The van der Waals surface area contributed by atoms with Crippen molar-refractivity contribution in [1.82, 2.24) is 4.98 Å². The van der Waals surface area contributed by atoms with Crippen molar-refractivity contribution >= 4 is 60.8 Å². The normalized spacial score (nSPS) is 14.6. The summed E-state index contributed by atoms with van der Waals surface area (Å²) in [5.41, 5.74) is -1.04. The third-order valence-corrected chi connectivity index (χ3v) is 6.42. The van der Waals surface area contributed by atoms with E-state index in [1.165, 1.54) is 18.3 Å². The smallest absolute Gasteiger partial charge is 0.268 e. The molecular weight excluding hydrogens is 443 g/mol. The van der Waals surface area contributed by atoms with E-state index in [1.807, 2.05) is 0 Å². The Morgan fingerprint density at radius 2 is 1.52 bits per heavy atom. The second-order valence-electron chi connectivity index (χ2n) is 5.28. The van der Waals surface area contributed by atoms with Crippen molar-refractivity contribution in [3.63, 3.8) is 0 Å². The number of imide groups is 1. The number of primary sulfonamides is 2.